The van der Waals surface area contributed by atoms with E-state index in [0.29, 0.717) is 0 Å². The van der Waals surface area contributed by atoms with Crippen LogP contribution in [0.2, 0.25) is 0 Å². The highest BCUT2D eigenvalue weighted by molar-refractivity contribution is 8.00. The van der Waals surface area contributed by atoms with E-state index in [-0.39, 0.29) is 75.8 Å². The molecule has 2 amide bonds. The third-order valence-electron chi connectivity index (χ3n) is 8.23. The van der Waals surface area contributed by atoms with Crippen molar-refractivity contribution in [1.82, 2.24) is 9.88 Å². The van der Waals surface area contributed by atoms with Crippen molar-refractivity contribution in [2.75, 3.05) is 20.8 Å². The van der Waals surface area contributed by atoms with Crippen molar-refractivity contribution < 1.29 is 34.1 Å². The number of hydrogen-bond acceptors (Lipinski definition) is 9. The molecular formula is C24H24N2O8S2. The van der Waals surface area contributed by atoms with Gasteiger partial charge in [-0.25, -0.2) is 0 Å². The highest BCUT2D eigenvalue weighted by atomic mass is 32.2. The molecule has 2 saturated carbocycles. The number of likely N-dealkylation sites (tertiary alicyclic amines) is 1. The zero-order valence-corrected chi connectivity index (χ0v) is 21.1. The first kappa shape index (κ1) is 23.4. The van der Waals surface area contributed by atoms with E-state index in [9.17, 15) is 24.3 Å². The lowest BCUT2D eigenvalue weighted by molar-refractivity contribution is -0.142. The Labute approximate surface area is 213 Å². The molecule has 3 fully saturated rings. The Morgan fingerprint density at radius 2 is 1.75 bits per heavy atom. The Bertz CT molecular complexity index is 1330. The van der Waals surface area contributed by atoms with Crippen LogP contribution in [0, 0.1) is 29.6 Å². The van der Waals surface area contributed by atoms with Gasteiger partial charge in [0.25, 0.3) is 0 Å². The summed E-state index contributed by atoms with van der Waals surface area (Å²) in [5.41, 5.74) is 0.803. The molecule has 2 aliphatic carbocycles. The summed E-state index contributed by atoms with van der Waals surface area (Å²) in [4.78, 5) is 54.9. The molecule has 1 aromatic carbocycles. The minimum Gasteiger partial charge on any atom is -0.502 e. The Morgan fingerprint density at radius 1 is 1.11 bits per heavy atom. The van der Waals surface area contributed by atoms with E-state index in [0.717, 1.165) is 38.1 Å². The Morgan fingerprint density at radius 3 is 2.36 bits per heavy atom. The number of thioether (sulfide) groups is 1. The van der Waals surface area contributed by atoms with Crippen molar-refractivity contribution in [3.63, 3.8) is 0 Å². The van der Waals surface area contributed by atoms with E-state index in [2.05, 4.69) is 4.98 Å². The lowest BCUT2D eigenvalue weighted by Crippen LogP contribution is -2.42. The van der Waals surface area contributed by atoms with Gasteiger partial charge in [0.15, 0.2) is 11.5 Å². The number of aromatic hydroxyl groups is 1. The highest BCUT2D eigenvalue weighted by Gasteiger charge is 2.69. The standard InChI is InChI=1S/C24H24N2O8S2/c1-33-11-5-8(6-12(34-2)18(11)29)14-15-9-7-10(19(15)35-21-20(14)36-24(32)25-21)17-16(9)22(30)26(23(17)31)4-3-13(27)28/h5-6,9-10,14-17,19,29H,3-4,7H2,1-2H3,(H,25,32)(H,27,28)/t9-,10+,14+,15+,16+,17+,19-/m0/s1. The van der Waals surface area contributed by atoms with Crippen LogP contribution in [0.1, 0.15) is 29.2 Å². The fourth-order valence-corrected chi connectivity index (χ4v) is 9.86. The number of fused-ring (bicyclic) bond motifs is 9. The van der Waals surface area contributed by atoms with Crippen LogP contribution in [0.3, 0.4) is 0 Å². The summed E-state index contributed by atoms with van der Waals surface area (Å²) >= 11 is 2.71. The van der Waals surface area contributed by atoms with E-state index < -0.39 is 17.8 Å². The van der Waals surface area contributed by atoms with Crippen molar-refractivity contribution in [1.29, 1.82) is 0 Å². The van der Waals surface area contributed by atoms with Crippen molar-refractivity contribution in [3.8, 4) is 17.2 Å². The molecule has 2 aromatic rings. The molecule has 1 saturated heterocycles. The molecule has 190 valence electrons. The highest BCUT2D eigenvalue weighted by Crippen LogP contribution is 2.68. The number of aliphatic carboxylic acids is 1. The van der Waals surface area contributed by atoms with Gasteiger partial charge < -0.3 is 24.7 Å². The number of nitrogens with zero attached hydrogens (tertiary/aromatic N) is 1. The number of phenols is 1. The van der Waals surface area contributed by atoms with Gasteiger partial charge in [-0.05, 0) is 41.9 Å². The first-order chi connectivity index (χ1) is 17.2. The molecule has 12 heteroatoms. The van der Waals surface area contributed by atoms with E-state index in [4.69, 9.17) is 14.6 Å². The Balaban J connectivity index is 1.45. The van der Waals surface area contributed by atoms with Gasteiger partial charge in [0, 0.05) is 22.6 Å². The number of carboxylic acids is 1. The molecule has 7 atom stereocenters. The third-order valence-corrected chi connectivity index (χ3v) is 10.8. The Hall–Kier alpha value is -2.99. The molecule has 0 unspecified atom stereocenters. The largest absolute Gasteiger partial charge is 0.502 e. The number of benzene rings is 1. The van der Waals surface area contributed by atoms with Crippen LogP contribution in [0.15, 0.2) is 22.0 Å². The molecule has 0 radical (unpaired) electrons. The second-order valence-electron chi connectivity index (χ2n) is 9.71. The summed E-state index contributed by atoms with van der Waals surface area (Å²) in [5.74, 6) is -2.61. The molecule has 4 aliphatic rings. The van der Waals surface area contributed by atoms with Crippen molar-refractivity contribution in [2.45, 2.75) is 29.0 Å². The number of rotatable bonds is 6. The van der Waals surface area contributed by atoms with Gasteiger partial charge in [0.2, 0.25) is 17.6 Å². The van der Waals surface area contributed by atoms with Crippen molar-refractivity contribution in [2.24, 2.45) is 29.6 Å². The zero-order chi connectivity index (χ0) is 25.5. The predicted octanol–water partition coefficient (Wildman–Crippen LogP) is 2.11. The number of aromatic amines is 1. The summed E-state index contributed by atoms with van der Waals surface area (Å²) in [6.45, 7) is -0.113. The lowest BCUT2D eigenvalue weighted by Gasteiger charge is -2.43. The minimum absolute atomic E-state index is 0.000895. The maximum absolute atomic E-state index is 13.4. The van der Waals surface area contributed by atoms with Crippen LogP contribution >= 0.6 is 23.1 Å². The summed E-state index contributed by atoms with van der Waals surface area (Å²) in [6, 6.07) is 3.49. The quantitative estimate of drug-likeness (QED) is 0.476. The minimum atomic E-state index is -1.05. The third kappa shape index (κ3) is 3.16. The topological polar surface area (TPSA) is 146 Å². The zero-order valence-electron chi connectivity index (χ0n) is 19.4. The van der Waals surface area contributed by atoms with Crippen LogP contribution in [-0.4, -0.2) is 63.9 Å². The van der Waals surface area contributed by atoms with Gasteiger partial charge in [-0.3, -0.25) is 24.1 Å². The van der Waals surface area contributed by atoms with E-state index in [1.54, 1.807) is 23.9 Å². The molecular weight excluding hydrogens is 508 g/mol. The predicted molar refractivity (Wildman–Crippen MR) is 129 cm³/mol. The van der Waals surface area contributed by atoms with Gasteiger partial charge in [0.1, 0.15) is 0 Å². The molecule has 36 heavy (non-hydrogen) atoms. The number of amides is 2. The van der Waals surface area contributed by atoms with Crippen LogP contribution in [0.5, 0.6) is 17.2 Å². The number of thiazole rings is 1. The SMILES string of the molecule is COc1cc([C@H]2c3sc(=O)[nH]c3S[C@H]3[C@@H]4C[C@H]([C@H]5C(=O)N(CCC(=O)O)C(=O)[C@H]45)[C@H]23)cc(OC)c1O. The molecule has 3 N–H and O–H groups in total. The summed E-state index contributed by atoms with van der Waals surface area (Å²) in [5, 5.41) is 20.3. The van der Waals surface area contributed by atoms with Gasteiger partial charge in [-0.2, -0.15) is 0 Å². The summed E-state index contributed by atoms with van der Waals surface area (Å²) in [6.07, 6.45) is 0.450. The summed E-state index contributed by atoms with van der Waals surface area (Å²) < 4.78 is 10.8. The lowest BCUT2D eigenvalue weighted by atomic mass is 9.68. The van der Waals surface area contributed by atoms with Crippen LogP contribution in [0.25, 0.3) is 0 Å². The number of nitrogens with one attached hydrogen (secondary N) is 1. The van der Waals surface area contributed by atoms with Crippen molar-refractivity contribution in [3.05, 3.63) is 32.2 Å². The molecule has 1 aromatic heterocycles. The number of phenolic OH excluding ortho intramolecular Hbond substituents is 1. The molecule has 2 bridgehead atoms. The molecule has 10 nitrogen and oxygen atoms in total. The molecule has 6 rings (SSSR count). The number of carbonyl (C=O) groups is 3. The fourth-order valence-electron chi connectivity index (χ4n) is 6.97. The number of carbonyl (C=O) groups excluding carboxylic acids is 2. The maximum Gasteiger partial charge on any atom is 0.305 e. The number of hydrogen-bond donors (Lipinski definition) is 3. The fraction of sp³-hybridized carbons (Fsp3) is 0.500. The number of ether oxygens (including phenoxy) is 2. The maximum atomic E-state index is 13.4. The first-order valence-corrected chi connectivity index (χ1v) is 13.4. The van der Waals surface area contributed by atoms with Gasteiger partial charge in [-0.15, -0.1) is 11.8 Å². The first-order valence-electron chi connectivity index (χ1n) is 11.7. The van der Waals surface area contributed by atoms with Crippen LogP contribution in [0.4, 0.5) is 0 Å². The van der Waals surface area contributed by atoms with Crippen molar-refractivity contribution >= 4 is 40.9 Å². The number of carboxylic acid groups (broad SMARTS) is 1. The van der Waals surface area contributed by atoms with Crippen LogP contribution in [-0.2, 0) is 14.4 Å². The summed E-state index contributed by atoms with van der Waals surface area (Å²) in [7, 11) is 2.91. The number of imide groups is 1. The molecule has 0 spiro atoms. The van der Waals surface area contributed by atoms with Gasteiger partial charge in [-0.1, -0.05) is 11.3 Å². The normalized spacial score (nSPS) is 31.8. The average molecular weight is 533 g/mol. The number of H-pyrrole nitrogens is 1. The monoisotopic (exact) mass is 532 g/mol. The van der Waals surface area contributed by atoms with Gasteiger partial charge in [0.05, 0.1) is 37.5 Å². The second kappa shape index (κ2) is 8.27. The smallest absolute Gasteiger partial charge is 0.305 e. The van der Waals surface area contributed by atoms with E-state index >= 15 is 0 Å². The van der Waals surface area contributed by atoms with Crippen LogP contribution < -0.4 is 14.3 Å². The number of aromatic nitrogens is 1. The van der Waals surface area contributed by atoms with E-state index in [1.807, 2.05) is 0 Å². The number of methoxy groups -OCH3 is 2. The van der Waals surface area contributed by atoms with Gasteiger partial charge >= 0.3 is 10.8 Å². The van der Waals surface area contributed by atoms with E-state index in [1.165, 1.54) is 14.2 Å². The molecule has 2 aliphatic heterocycles. The second-order valence-corrected chi connectivity index (χ2v) is 11.9. The molecule has 3 heterocycles. The Kier molecular flexibility index (Phi) is 5.38. The average Bonchev–Trinajstić information content (AvgIpc) is 3.57.